The van der Waals surface area contributed by atoms with Gasteiger partial charge in [0.2, 0.25) is 0 Å². The minimum Gasteiger partial charge on any atom is -0.361 e. The number of nitrogens with zero attached hydrogens (tertiary/aromatic N) is 2. The number of anilines is 2. The molecule has 0 unspecified atom stereocenters. The van der Waals surface area contributed by atoms with E-state index < -0.39 is 0 Å². The van der Waals surface area contributed by atoms with Gasteiger partial charge in [-0.25, -0.2) is 0 Å². The predicted octanol–water partition coefficient (Wildman–Crippen LogP) is 9.84. The van der Waals surface area contributed by atoms with E-state index in [-0.39, 0.29) is 11.8 Å². The highest BCUT2D eigenvalue weighted by molar-refractivity contribution is 6.07. The third kappa shape index (κ3) is 8.57. The van der Waals surface area contributed by atoms with Crippen molar-refractivity contribution in [2.24, 2.45) is 0 Å². The second-order valence-electron chi connectivity index (χ2n) is 14.4. The Morgan fingerprint density at radius 1 is 0.667 bits per heavy atom. The lowest BCUT2D eigenvalue weighted by Gasteiger charge is -2.29. The largest absolute Gasteiger partial charge is 0.361 e. The van der Waals surface area contributed by atoms with Gasteiger partial charge in [0.15, 0.2) is 0 Å². The number of hydrogen-bond donors (Lipinski definition) is 4. The number of H-pyrrole nitrogens is 2. The van der Waals surface area contributed by atoms with Gasteiger partial charge in [0.05, 0.1) is 0 Å². The molecule has 2 aliphatic rings. The molecule has 2 aliphatic heterocycles. The maximum atomic E-state index is 12.4. The standard InChI is InChI=1S/2C23H25N3O/c1-16(2)26-12-10-17(11-13-26)21-15-24-22-9-8-19(14-20(21)22)25-23(27)18-6-4-3-5-7-18;1-2-12-26-13-10-17(11-14-26)21-16-24-22-9-8-19(15-20(21)22)25-23(27)18-6-4-3-5-7-18/h3-10,14-16,24H,11-13H2,1-2H3,(H,25,27);3-10,15-16,24H,2,11-14H2,1H3,(H,25,27). The van der Waals surface area contributed by atoms with Crippen LogP contribution in [0.5, 0.6) is 0 Å². The summed E-state index contributed by atoms with van der Waals surface area (Å²) in [6.07, 6.45) is 12.2. The average molecular weight is 719 g/mol. The SMILES string of the molecule is CC(C)N1CC=C(c2c[nH]c3ccc(NC(=O)c4ccccc4)cc23)CC1.CCCN1CC=C(c2c[nH]c3ccc(NC(=O)c4ccccc4)cc23)CC1. The summed E-state index contributed by atoms with van der Waals surface area (Å²) in [4.78, 5) is 36.6. The van der Waals surface area contributed by atoms with Crippen LogP contribution in [-0.2, 0) is 0 Å². The molecule has 276 valence electrons. The van der Waals surface area contributed by atoms with Crippen LogP contribution in [0.25, 0.3) is 33.0 Å². The third-order valence-corrected chi connectivity index (χ3v) is 10.4. The van der Waals surface area contributed by atoms with E-state index in [2.05, 4.69) is 87.9 Å². The molecule has 0 spiro atoms. The minimum absolute atomic E-state index is 0.0841. The highest BCUT2D eigenvalue weighted by atomic mass is 16.2. The van der Waals surface area contributed by atoms with Gasteiger partial charge in [-0.2, -0.15) is 0 Å². The Hall–Kier alpha value is -5.70. The molecule has 6 aromatic rings. The molecular weight excluding hydrogens is 669 g/mol. The van der Waals surface area contributed by atoms with Crippen LogP contribution < -0.4 is 10.6 Å². The smallest absolute Gasteiger partial charge is 0.255 e. The number of rotatable bonds is 9. The van der Waals surface area contributed by atoms with Gasteiger partial charge in [0.25, 0.3) is 11.8 Å². The number of carbonyl (C=O) groups excluding carboxylic acids is 2. The fraction of sp³-hybridized carbons (Fsp3) is 0.261. The normalized spacial score (nSPS) is 15.0. The van der Waals surface area contributed by atoms with E-state index in [1.807, 2.05) is 84.9 Å². The van der Waals surface area contributed by atoms with Crippen molar-refractivity contribution in [2.75, 3.05) is 43.4 Å². The summed E-state index contributed by atoms with van der Waals surface area (Å²) in [7, 11) is 0. The molecule has 0 radical (unpaired) electrons. The van der Waals surface area contributed by atoms with Crippen molar-refractivity contribution >= 4 is 56.1 Å². The molecule has 0 aliphatic carbocycles. The number of carbonyl (C=O) groups is 2. The summed E-state index contributed by atoms with van der Waals surface area (Å²) in [5.41, 5.74) is 10.4. The molecule has 0 saturated heterocycles. The molecule has 8 heteroatoms. The zero-order valence-corrected chi connectivity index (χ0v) is 31.5. The minimum atomic E-state index is -0.0866. The summed E-state index contributed by atoms with van der Waals surface area (Å²) in [6, 6.07) is 31.3. The first kappa shape index (κ1) is 36.6. The maximum absolute atomic E-state index is 12.4. The van der Waals surface area contributed by atoms with Crippen LogP contribution in [0.4, 0.5) is 11.4 Å². The first-order chi connectivity index (χ1) is 26.4. The second-order valence-corrected chi connectivity index (χ2v) is 14.4. The van der Waals surface area contributed by atoms with Gasteiger partial charge in [0.1, 0.15) is 0 Å². The Balaban J connectivity index is 0.000000167. The quantitative estimate of drug-likeness (QED) is 0.120. The molecule has 2 aromatic heterocycles. The number of hydrogen-bond acceptors (Lipinski definition) is 4. The third-order valence-electron chi connectivity index (χ3n) is 10.4. The van der Waals surface area contributed by atoms with Gasteiger partial charge >= 0.3 is 0 Å². The van der Waals surface area contributed by atoms with Crippen LogP contribution in [0, 0.1) is 0 Å². The van der Waals surface area contributed by atoms with Crippen molar-refractivity contribution in [3.63, 3.8) is 0 Å². The summed E-state index contributed by atoms with van der Waals surface area (Å²) >= 11 is 0. The number of aromatic amines is 2. The second kappa shape index (κ2) is 17.0. The first-order valence-electron chi connectivity index (χ1n) is 19.2. The Labute approximate surface area is 318 Å². The van der Waals surface area contributed by atoms with E-state index in [0.29, 0.717) is 17.2 Å². The molecule has 0 atom stereocenters. The molecule has 54 heavy (non-hydrogen) atoms. The Morgan fingerprint density at radius 2 is 1.17 bits per heavy atom. The van der Waals surface area contributed by atoms with Crippen LogP contribution >= 0.6 is 0 Å². The van der Waals surface area contributed by atoms with Crippen LogP contribution in [0.1, 0.15) is 71.9 Å². The van der Waals surface area contributed by atoms with E-state index in [1.54, 1.807) is 0 Å². The fourth-order valence-corrected chi connectivity index (χ4v) is 7.39. The molecule has 0 bridgehead atoms. The monoisotopic (exact) mass is 718 g/mol. The van der Waals surface area contributed by atoms with E-state index in [9.17, 15) is 9.59 Å². The number of nitrogens with one attached hydrogen (secondary N) is 4. The van der Waals surface area contributed by atoms with E-state index in [0.717, 1.165) is 78.7 Å². The molecule has 2 amide bonds. The van der Waals surface area contributed by atoms with Crippen LogP contribution in [0.2, 0.25) is 0 Å². The summed E-state index contributed by atoms with van der Waals surface area (Å²) in [5, 5.41) is 8.35. The van der Waals surface area contributed by atoms with Crippen molar-refractivity contribution < 1.29 is 9.59 Å². The number of amides is 2. The average Bonchev–Trinajstić information content (AvgIpc) is 3.83. The van der Waals surface area contributed by atoms with Crippen molar-refractivity contribution in [3.05, 3.63) is 144 Å². The fourth-order valence-electron chi connectivity index (χ4n) is 7.39. The predicted molar refractivity (Wildman–Crippen MR) is 224 cm³/mol. The van der Waals surface area contributed by atoms with Crippen molar-refractivity contribution in [1.29, 1.82) is 0 Å². The van der Waals surface area contributed by atoms with Crippen LogP contribution in [0.15, 0.2) is 122 Å². The zero-order chi connectivity index (χ0) is 37.4. The molecule has 4 aromatic carbocycles. The van der Waals surface area contributed by atoms with Crippen molar-refractivity contribution in [1.82, 2.24) is 19.8 Å². The van der Waals surface area contributed by atoms with Crippen molar-refractivity contribution in [2.45, 2.75) is 46.1 Å². The van der Waals surface area contributed by atoms with Gasteiger partial charge < -0.3 is 20.6 Å². The van der Waals surface area contributed by atoms with Crippen molar-refractivity contribution in [3.8, 4) is 0 Å². The molecule has 8 rings (SSSR count). The lowest BCUT2D eigenvalue weighted by Crippen LogP contribution is -2.34. The molecule has 4 heterocycles. The van der Waals surface area contributed by atoms with Gasteiger partial charge in [-0.15, -0.1) is 0 Å². The molecular formula is C46H50N6O2. The Kier molecular flexibility index (Phi) is 11.5. The van der Waals surface area contributed by atoms with Gasteiger partial charge in [0, 0.05) is 100 Å². The Morgan fingerprint density at radius 3 is 1.59 bits per heavy atom. The summed E-state index contributed by atoms with van der Waals surface area (Å²) in [5.74, 6) is -0.171. The number of benzene rings is 4. The molecule has 0 saturated carbocycles. The summed E-state index contributed by atoms with van der Waals surface area (Å²) in [6.45, 7) is 12.1. The maximum Gasteiger partial charge on any atom is 0.255 e. The van der Waals surface area contributed by atoms with Gasteiger partial charge in [-0.1, -0.05) is 55.5 Å². The highest BCUT2D eigenvalue weighted by Crippen LogP contribution is 2.33. The van der Waals surface area contributed by atoms with Crippen LogP contribution in [-0.4, -0.2) is 70.3 Å². The molecule has 0 fully saturated rings. The number of aromatic nitrogens is 2. The topological polar surface area (TPSA) is 96.3 Å². The highest BCUT2D eigenvalue weighted by Gasteiger charge is 2.19. The molecule has 8 nitrogen and oxygen atoms in total. The first-order valence-corrected chi connectivity index (χ1v) is 19.2. The zero-order valence-electron chi connectivity index (χ0n) is 31.5. The Bertz CT molecular complexity index is 2280. The lowest BCUT2D eigenvalue weighted by atomic mass is 9.98. The van der Waals surface area contributed by atoms with Gasteiger partial charge in [-0.05, 0) is 111 Å². The molecule has 4 N–H and O–H groups in total. The van der Waals surface area contributed by atoms with E-state index in [1.165, 1.54) is 28.7 Å². The lowest BCUT2D eigenvalue weighted by molar-refractivity contribution is 0.101. The van der Waals surface area contributed by atoms with E-state index in [4.69, 9.17) is 0 Å². The van der Waals surface area contributed by atoms with E-state index >= 15 is 0 Å². The summed E-state index contributed by atoms with van der Waals surface area (Å²) < 4.78 is 0. The number of fused-ring (bicyclic) bond motifs is 2. The van der Waals surface area contributed by atoms with Crippen LogP contribution in [0.3, 0.4) is 0 Å². The van der Waals surface area contributed by atoms with Gasteiger partial charge in [-0.3, -0.25) is 19.4 Å².